The summed E-state index contributed by atoms with van der Waals surface area (Å²) in [6, 6.07) is 4.20. The van der Waals surface area contributed by atoms with Crippen molar-refractivity contribution in [3.8, 4) is 0 Å². The maximum Gasteiger partial charge on any atom is 0.416 e. The van der Waals surface area contributed by atoms with Crippen LogP contribution in [0.3, 0.4) is 0 Å². The van der Waals surface area contributed by atoms with Gasteiger partial charge in [-0.05, 0) is 37.5 Å². The molecule has 1 aromatic carbocycles. The van der Waals surface area contributed by atoms with Crippen LogP contribution < -0.4 is 10.6 Å². The lowest BCUT2D eigenvalue weighted by Gasteiger charge is -2.15. The van der Waals surface area contributed by atoms with Crippen LogP contribution in [0.1, 0.15) is 36.8 Å². The lowest BCUT2D eigenvalue weighted by atomic mass is 10.1. The molecular weight excluding hydrogens is 281 g/mol. The maximum absolute atomic E-state index is 12.8. The Hall–Kier alpha value is -1.72. The fraction of sp³-hybridized carbons (Fsp3) is 0.533. The fourth-order valence-electron chi connectivity index (χ4n) is 2.57. The lowest BCUT2D eigenvalue weighted by molar-refractivity contribution is -0.138. The van der Waals surface area contributed by atoms with Crippen molar-refractivity contribution in [3.05, 3.63) is 29.3 Å². The molecule has 0 unspecified atom stereocenters. The molecule has 0 heterocycles. The third-order valence-electron chi connectivity index (χ3n) is 3.72. The van der Waals surface area contributed by atoms with Gasteiger partial charge in [-0.1, -0.05) is 18.9 Å². The van der Waals surface area contributed by atoms with E-state index in [1.54, 1.807) is 6.07 Å². The summed E-state index contributed by atoms with van der Waals surface area (Å²) in [5.41, 5.74) is -0.207. The normalized spacial score (nSPS) is 16.0. The summed E-state index contributed by atoms with van der Waals surface area (Å²) >= 11 is 0. The first-order valence-corrected chi connectivity index (χ1v) is 7.07. The van der Waals surface area contributed by atoms with Gasteiger partial charge >= 0.3 is 6.18 Å². The number of carbonyl (C=O) groups is 1. The molecule has 0 spiro atoms. The first-order valence-electron chi connectivity index (χ1n) is 7.07. The van der Waals surface area contributed by atoms with Gasteiger partial charge in [0.15, 0.2) is 0 Å². The molecule has 0 aromatic heterocycles. The second-order valence-electron chi connectivity index (χ2n) is 5.43. The van der Waals surface area contributed by atoms with Gasteiger partial charge in [0.05, 0.1) is 12.1 Å². The molecule has 0 aliphatic heterocycles. The fourth-order valence-corrected chi connectivity index (χ4v) is 2.57. The SMILES string of the molecule is Cc1ccc(NCC(=O)NC2CCCC2)cc1C(F)(F)F. The van der Waals surface area contributed by atoms with Gasteiger partial charge in [-0.25, -0.2) is 0 Å². The summed E-state index contributed by atoms with van der Waals surface area (Å²) in [5, 5.41) is 5.63. The summed E-state index contributed by atoms with van der Waals surface area (Å²) in [6.07, 6.45) is -0.187. The van der Waals surface area contributed by atoms with Crippen molar-refractivity contribution in [2.45, 2.75) is 44.8 Å². The number of alkyl halides is 3. The summed E-state index contributed by atoms with van der Waals surface area (Å²) < 4.78 is 38.4. The Bertz CT molecular complexity index is 508. The van der Waals surface area contributed by atoms with Crippen molar-refractivity contribution in [1.82, 2.24) is 5.32 Å². The van der Waals surface area contributed by atoms with E-state index in [9.17, 15) is 18.0 Å². The predicted octanol–water partition coefficient (Wildman–Crippen LogP) is 3.48. The molecule has 0 saturated heterocycles. The highest BCUT2D eigenvalue weighted by Gasteiger charge is 2.32. The highest BCUT2D eigenvalue weighted by molar-refractivity contribution is 5.81. The number of anilines is 1. The van der Waals surface area contributed by atoms with E-state index in [1.165, 1.54) is 13.0 Å². The van der Waals surface area contributed by atoms with E-state index in [4.69, 9.17) is 0 Å². The molecule has 21 heavy (non-hydrogen) atoms. The summed E-state index contributed by atoms with van der Waals surface area (Å²) in [4.78, 5) is 11.7. The van der Waals surface area contributed by atoms with Crippen LogP contribution in [0, 0.1) is 6.92 Å². The number of hydrogen-bond donors (Lipinski definition) is 2. The third-order valence-corrected chi connectivity index (χ3v) is 3.72. The Morgan fingerprint density at radius 2 is 1.95 bits per heavy atom. The Morgan fingerprint density at radius 1 is 1.29 bits per heavy atom. The van der Waals surface area contributed by atoms with Gasteiger partial charge in [0, 0.05) is 11.7 Å². The summed E-state index contributed by atoms with van der Waals surface area (Å²) in [5.74, 6) is -0.184. The topological polar surface area (TPSA) is 41.1 Å². The summed E-state index contributed by atoms with van der Waals surface area (Å²) in [7, 11) is 0. The molecule has 1 amide bonds. The first kappa shape index (κ1) is 15.7. The van der Waals surface area contributed by atoms with Gasteiger partial charge in [0.2, 0.25) is 5.91 Å². The number of halogens is 3. The lowest BCUT2D eigenvalue weighted by Crippen LogP contribution is -2.36. The number of hydrogen-bond acceptors (Lipinski definition) is 2. The Balaban J connectivity index is 1.92. The molecule has 1 saturated carbocycles. The molecule has 1 fully saturated rings. The van der Waals surface area contributed by atoms with Crippen molar-refractivity contribution in [3.63, 3.8) is 0 Å². The van der Waals surface area contributed by atoms with E-state index in [1.807, 2.05) is 0 Å². The third kappa shape index (κ3) is 4.37. The van der Waals surface area contributed by atoms with Gasteiger partial charge in [0.25, 0.3) is 0 Å². The molecular formula is C15H19F3N2O. The Labute approximate surface area is 121 Å². The number of benzene rings is 1. The second-order valence-corrected chi connectivity index (χ2v) is 5.43. The molecule has 2 rings (SSSR count). The van der Waals surface area contributed by atoms with Crippen LogP contribution >= 0.6 is 0 Å². The predicted molar refractivity (Wildman–Crippen MR) is 75.1 cm³/mol. The van der Waals surface area contributed by atoms with Gasteiger partial charge in [-0.2, -0.15) is 13.2 Å². The van der Waals surface area contributed by atoms with Crippen molar-refractivity contribution >= 4 is 11.6 Å². The van der Waals surface area contributed by atoms with E-state index < -0.39 is 11.7 Å². The molecule has 1 aliphatic carbocycles. The van der Waals surface area contributed by atoms with Crippen LogP contribution in [0.4, 0.5) is 18.9 Å². The molecule has 1 aromatic rings. The van der Waals surface area contributed by atoms with E-state index in [0.29, 0.717) is 5.69 Å². The van der Waals surface area contributed by atoms with Crippen LogP contribution in [0.2, 0.25) is 0 Å². The van der Waals surface area contributed by atoms with Gasteiger partial charge in [0.1, 0.15) is 0 Å². The number of amides is 1. The van der Waals surface area contributed by atoms with Gasteiger partial charge in [-0.15, -0.1) is 0 Å². The largest absolute Gasteiger partial charge is 0.416 e. The minimum absolute atomic E-state index is 0.0170. The van der Waals surface area contributed by atoms with Crippen LogP contribution in [0.5, 0.6) is 0 Å². The highest BCUT2D eigenvalue weighted by Crippen LogP contribution is 2.33. The van der Waals surface area contributed by atoms with Crippen LogP contribution in [0.25, 0.3) is 0 Å². The number of aryl methyl sites for hydroxylation is 1. The standard InChI is InChI=1S/C15H19F3N2O/c1-10-6-7-12(8-13(10)15(16,17)18)19-9-14(21)20-11-4-2-3-5-11/h6-8,11,19H,2-5,9H2,1H3,(H,20,21). The Kier molecular flexibility index (Phi) is 4.75. The van der Waals surface area contributed by atoms with Crippen molar-refractivity contribution in [1.29, 1.82) is 0 Å². The van der Waals surface area contributed by atoms with Gasteiger partial charge in [-0.3, -0.25) is 4.79 Å². The number of nitrogens with one attached hydrogen (secondary N) is 2. The molecule has 0 bridgehead atoms. The summed E-state index contributed by atoms with van der Waals surface area (Å²) in [6.45, 7) is 1.40. The minimum atomic E-state index is -4.38. The van der Waals surface area contributed by atoms with E-state index >= 15 is 0 Å². The van der Waals surface area contributed by atoms with Crippen LogP contribution in [-0.2, 0) is 11.0 Å². The van der Waals surface area contributed by atoms with E-state index in [-0.39, 0.29) is 24.1 Å². The molecule has 2 N–H and O–H groups in total. The van der Waals surface area contributed by atoms with Crippen LogP contribution in [-0.4, -0.2) is 18.5 Å². The zero-order chi connectivity index (χ0) is 15.5. The zero-order valence-corrected chi connectivity index (χ0v) is 11.9. The highest BCUT2D eigenvalue weighted by atomic mass is 19.4. The zero-order valence-electron chi connectivity index (χ0n) is 11.9. The van der Waals surface area contributed by atoms with Crippen molar-refractivity contribution in [2.24, 2.45) is 0 Å². The van der Waals surface area contributed by atoms with E-state index in [2.05, 4.69) is 10.6 Å². The molecule has 1 aliphatic rings. The number of rotatable bonds is 4. The van der Waals surface area contributed by atoms with Crippen LogP contribution in [0.15, 0.2) is 18.2 Å². The molecule has 0 radical (unpaired) electrons. The van der Waals surface area contributed by atoms with Gasteiger partial charge < -0.3 is 10.6 Å². The molecule has 3 nitrogen and oxygen atoms in total. The smallest absolute Gasteiger partial charge is 0.376 e. The maximum atomic E-state index is 12.8. The average molecular weight is 300 g/mol. The Morgan fingerprint density at radius 3 is 2.57 bits per heavy atom. The molecule has 0 atom stereocenters. The quantitative estimate of drug-likeness (QED) is 0.894. The van der Waals surface area contributed by atoms with Crippen molar-refractivity contribution in [2.75, 3.05) is 11.9 Å². The average Bonchev–Trinajstić information content (AvgIpc) is 2.89. The minimum Gasteiger partial charge on any atom is -0.376 e. The first-order chi connectivity index (χ1) is 9.86. The number of carbonyl (C=O) groups excluding carboxylic acids is 1. The monoisotopic (exact) mass is 300 g/mol. The second kappa shape index (κ2) is 6.37. The van der Waals surface area contributed by atoms with E-state index in [0.717, 1.165) is 31.7 Å². The molecule has 116 valence electrons. The molecule has 6 heteroatoms. The van der Waals surface area contributed by atoms with Crippen molar-refractivity contribution < 1.29 is 18.0 Å².